The Balaban J connectivity index is 1.35. The molecule has 5 nitrogen and oxygen atoms in total. The summed E-state index contributed by atoms with van der Waals surface area (Å²) in [7, 11) is 0. The summed E-state index contributed by atoms with van der Waals surface area (Å²) in [5.74, 6) is 1.69. The zero-order valence-corrected chi connectivity index (χ0v) is 14.7. The van der Waals surface area contributed by atoms with Crippen molar-refractivity contribution < 1.29 is 9.21 Å². The van der Waals surface area contributed by atoms with Gasteiger partial charge in [0.25, 0.3) is 5.22 Å². The Morgan fingerprint density at radius 1 is 1.12 bits per heavy atom. The third kappa shape index (κ3) is 3.69. The number of carbonyl (C=O) groups excluding carboxylic acids is 1. The fourth-order valence-corrected chi connectivity index (χ4v) is 3.75. The number of carbonyl (C=O) groups is 1. The van der Waals surface area contributed by atoms with E-state index in [4.69, 9.17) is 4.42 Å². The molecule has 25 heavy (non-hydrogen) atoms. The van der Waals surface area contributed by atoms with Crippen LogP contribution in [0.2, 0.25) is 0 Å². The van der Waals surface area contributed by atoms with E-state index in [1.54, 1.807) is 11.8 Å². The van der Waals surface area contributed by atoms with Gasteiger partial charge >= 0.3 is 0 Å². The molecule has 0 saturated carbocycles. The molecule has 1 aromatic heterocycles. The fourth-order valence-electron chi connectivity index (χ4n) is 3.06. The smallest absolute Gasteiger partial charge is 0.276 e. The van der Waals surface area contributed by atoms with Crippen LogP contribution in [0, 0.1) is 0 Å². The van der Waals surface area contributed by atoms with Crippen molar-refractivity contribution in [1.82, 2.24) is 15.1 Å². The molecule has 6 heteroatoms. The van der Waals surface area contributed by atoms with Crippen molar-refractivity contribution in [1.29, 1.82) is 0 Å². The monoisotopic (exact) mass is 353 g/mol. The van der Waals surface area contributed by atoms with E-state index >= 15 is 0 Å². The van der Waals surface area contributed by atoms with Gasteiger partial charge in [0.2, 0.25) is 11.8 Å². The van der Waals surface area contributed by atoms with E-state index in [0.717, 1.165) is 42.6 Å². The van der Waals surface area contributed by atoms with Gasteiger partial charge in [-0.05, 0) is 35.7 Å². The standard InChI is InChI=1S/C19H19N3O2S/c23-17-7-3-10-22(17)11-4-12-25-19-21-20-18(24-19)16-9-8-14-5-1-2-6-15(14)13-16/h1-2,5-6,8-9,13H,3-4,7,10-12H2. The first-order valence-electron chi connectivity index (χ1n) is 8.53. The van der Waals surface area contributed by atoms with Crippen LogP contribution in [-0.4, -0.2) is 39.8 Å². The number of fused-ring (bicyclic) bond motifs is 1. The number of nitrogens with zero attached hydrogens (tertiary/aromatic N) is 3. The molecule has 0 unspecified atom stereocenters. The lowest BCUT2D eigenvalue weighted by molar-refractivity contribution is -0.127. The maximum absolute atomic E-state index is 11.6. The number of hydrogen-bond acceptors (Lipinski definition) is 5. The lowest BCUT2D eigenvalue weighted by Gasteiger charge is -2.14. The van der Waals surface area contributed by atoms with Crippen LogP contribution in [0.3, 0.4) is 0 Å². The summed E-state index contributed by atoms with van der Waals surface area (Å²) < 4.78 is 5.77. The van der Waals surface area contributed by atoms with Crippen LogP contribution in [0.4, 0.5) is 0 Å². The van der Waals surface area contributed by atoms with Gasteiger partial charge in [0.15, 0.2) is 0 Å². The van der Waals surface area contributed by atoms with Gasteiger partial charge in [-0.2, -0.15) is 0 Å². The van der Waals surface area contributed by atoms with Crippen molar-refractivity contribution in [2.24, 2.45) is 0 Å². The molecule has 1 aliphatic heterocycles. The van der Waals surface area contributed by atoms with Crippen molar-refractivity contribution in [3.05, 3.63) is 42.5 Å². The molecule has 0 N–H and O–H groups in total. The van der Waals surface area contributed by atoms with E-state index in [-0.39, 0.29) is 5.91 Å². The van der Waals surface area contributed by atoms with E-state index in [1.165, 1.54) is 5.39 Å². The quantitative estimate of drug-likeness (QED) is 0.495. The van der Waals surface area contributed by atoms with Crippen LogP contribution in [0.15, 0.2) is 52.1 Å². The zero-order valence-electron chi connectivity index (χ0n) is 13.9. The highest BCUT2D eigenvalue weighted by Crippen LogP contribution is 2.26. The summed E-state index contributed by atoms with van der Waals surface area (Å²) >= 11 is 1.55. The van der Waals surface area contributed by atoms with Crippen molar-refractivity contribution in [2.45, 2.75) is 24.5 Å². The maximum Gasteiger partial charge on any atom is 0.276 e. The second-order valence-corrected chi connectivity index (χ2v) is 7.17. The van der Waals surface area contributed by atoms with Gasteiger partial charge in [-0.25, -0.2) is 0 Å². The highest BCUT2D eigenvalue weighted by Gasteiger charge is 2.19. The van der Waals surface area contributed by atoms with Crippen LogP contribution in [0.25, 0.3) is 22.2 Å². The molecule has 3 aromatic rings. The summed E-state index contributed by atoms with van der Waals surface area (Å²) in [5, 5.41) is 11.2. The van der Waals surface area contributed by atoms with E-state index in [2.05, 4.69) is 34.5 Å². The van der Waals surface area contributed by atoms with Gasteiger partial charge in [0.05, 0.1) is 0 Å². The molecule has 128 valence electrons. The third-order valence-electron chi connectivity index (χ3n) is 4.37. The lowest BCUT2D eigenvalue weighted by Crippen LogP contribution is -2.25. The van der Waals surface area contributed by atoms with Crippen LogP contribution >= 0.6 is 11.8 Å². The minimum atomic E-state index is 0.279. The maximum atomic E-state index is 11.6. The van der Waals surface area contributed by atoms with Crippen molar-refractivity contribution >= 4 is 28.4 Å². The molecule has 4 rings (SSSR count). The average Bonchev–Trinajstić information content (AvgIpc) is 3.27. The third-order valence-corrected chi connectivity index (χ3v) is 5.28. The molecule has 1 saturated heterocycles. The molecular weight excluding hydrogens is 334 g/mol. The molecule has 0 aliphatic carbocycles. The minimum absolute atomic E-state index is 0.279. The molecule has 1 aliphatic rings. The molecule has 2 heterocycles. The first kappa shape index (κ1) is 16.1. The minimum Gasteiger partial charge on any atom is -0.411 e. The topological polar surface area (TPSA) is 59.2 Å². The van der Waals surface area contributed by atoms with Gasteiger partial charge in [-0.3, -0.25) is 4.79 Å². The van der Waals surface area contributed by atoms with Crippen LogP contribution in [0.5, 0.6) is 0 Å². The second-order valence-electron chi connectivity index (χ2n) is 6.12. The normalized spacial score (nSPS) is 14.6. The Morgan fingerprint density at radius 3 is 2.84 bits per heavy atom. The predicted molar refractivity (Wildman–Crippen MR) is 98.4 cm³/mol. The largest absolute Gasteiger partial charge is 0.411 e. The summed E-state index contributed by atoms with van der Waals surface area (Å²) in [6.45, 7) is 1.72. The number of hydrogen-bond donors (Lipinski definition) is 0. The van der Waals surface area contributed by atoms with Crippen molar-refractivity contribution in [3.63, 3.8) is 0 Å². The molecule has 0 radical (unpaired) electrons. The molecule has 0 bridgehead atoms. The molecule has 2 aromatic carbocycles. The number of amides is 1. The van der Waals surface area contributed by atoms with Crippen molar-refractivity contribution in [3.8, 4) is 11.5 Å². The van der Waals surface area contributed by atoms with Crippen LogP contribution in [0.1, 0.15) is 19.3 Å². The average molecular weight is 353 g/mol. The highest BCUT2D eigenvalue weighted by molar-refractivity contribution is 7.99. The Bertz CT molecular complexity index is 893. The highest BCUT2D eigenvalue weighted by atomic mass is 32.2. The molecule has 1 fully saturated rings. The van der Waals surface area contributed by atoms with Gasteiger partial charge in [-0.15, -0.1) is 10.2 Å². The second kappa shape index (κ2) is 7.27. The van der Waals surface area contributed by atoms with Gasteiger partial charge in [0, 0.05) is 30.8 Å². The summed E-state index contributed by atoms with van der Waals surface area (Å²) in [6, 6.07) is 14.3. The number of aromatic nitrogens is 2. The molecular formula is C19H19N3O2S. The predicted octanol–water partition coefficient (Wildman–Crippen LogP) is 3.99. The SMILES string of the molecule is O=C1CCCN1CCCSc1nnc(-c2ccc3ccccc3c2)o1. The first-order chi connectivity index (χ1) is 12.3. The van der Waals surface area contributed by atoms with E-state index in [0.29, 0.717) is 17.5 Å². The Kier molecular flexibility index (Phi) is 4.70. The van der Waals surface area contributed by atoms with Crippen LogP contribution in [-0.2, 0) is 4.79 Å². The van der Waals surface area contributed by atoms with Gasteiger partial charge in [-0.1, -0.05) is 42.1 Å². The first-order valence-corrected chi connectivity index (χ1v) is 9.51. The summed E-state index contributed by atoms with van der Waals surface area (Å²) in [4.78, 5) is 13.5. The Morgan fingerprint density at radius 2 is 2.00 bits per heavy atom. The van der Waals surface area contributed by atoms with Crippen molar-refractivity contribution in [2.75, 3.05) is 18.8 Å². The lowest BCUT2D eigenvalue weighted by atomic mass is 10.1. The number of likely N-dealkylation sites (tertiary alicyclic amines) is 1. The van der Waals surface area contributed by atoms with Crippen LogP contribution < -0.4 is 0 Å². The summed E-state index contributed by atoms with van der Waals surface area (Å²) in [6.07, 6.45) is 2.63. The zero-order chi connectivity index (χ0) is 17.1. The Labute approximate surface area is 150 Å². The van der Waals surface area contributed by atoms with E-state index in [9.17, 15) is 4.79 Å². The number of benzene rings is 2. The van der Waals surface area contributed by atoms with E-state index in [1.807, 2.05) is 23.1 Å². The van der Waals surface area contributed by atoms with Gasteiger partial charge < -0.3 is 9.32 Å². The number of rotatable bonds is 6. The summed E-state index contributed by atoms with van der Waals surface area (Å²) in [5.41, 5.74) is 0.931. The Hall–Kier alpha value is -2.34. The fraction of sp³-hybridized carbons (Fsp3) is 0.316. The number of thioether (sulfide) groups is 1. The van der Waals surface area contributed by atoms with E-state index < -0.39 is 0 Å². The molecule has 0 atom stereocenters. The molecule has 0 spiro atoms. The molecule has 1 amide bonds. The van der Waals surface area contributed by atoms with Gasteiger partial charge in [0.1, 0.15) is 0 Å².